The SMILES string of the molecule is COc1ccc2c(c1)c(C)nn2C. The molecule has 0 N–H and O–H groups in total. The van der Waals surface area contributed by atoms with E-state index >= 15 is 0 Å². The van der Waals surface area contributed by atoms with Crippen LogP contribution < -0.4 is 4.74 Å². The summed E-state index contributed by atoms with van der Waals surface area (Å²) >= 11 is 0. The Morgan fingerprint density at radius 2 is 2.15 bits per heavy atom. The van der Waals surface area contributed by atoms with Gasteiger partial charge in [-0.05, 0) is 25.1 Å². The van der Waals surface area contributed by atoms with Gasteiger partial charge in [-0.25, -0.2) is 0 Å². The number of rotatable bonds is 1. The highest BCUT2D eigenvalue weighted by molar-refractivity contribution is 5.83. The summed E-state index contributed by atoms with van der Waals surface area (Å²) in [5, 5.41) is 5.48. The maximum atomic E-state index is 5.15. The summed E-state index contributed by atoms with van der Waals surface area (Å²) in [5.41, 5.74) is 2.18. The topological polar surface area (TPSA) is 27.1 Å². The van der Waals surface area contributed by atoms with Crippen LogP contribution in [0.2, 0.25) is 0 Å². The van der Waals surface area contributed by atoms with Gasteiger partial charge >= 0.3 is 0 Å². The van der Waals surface area contributed by atoms with E-state index in [9.17, 15) is 0 Å². The summed E-state index contributed by atoms with van der Waals surface area (Å²) in [6.45, 7) is 2.00. The van der Waals surface area contributed by atoms with E-state index in [0.717, 1.165) is 22.3 Å². The fourth-order valence-corrected chi connectivity index (χ4v) is 1.55. The number of ether oxygens (including phenoxy) is 1. The number of hydrogen-bond acceptors (Lipinski definition) is 2. The number of aryl methyl sites for hydroxylation is 2. The number of hydrogen-bond donors (Lipinski definition) is 0. The van der Waals surface area contributed by atoms with Crippen LogP contribution in [-0.4, -0.2) is 16.9 Å². The van der Waals surface area contributed by atoms with Crippen molar-refractivity contribution in [3.8, 4) is 5.75 Å². The van der Waals surface area contributed by atoms with Crippen LogP contribution in [0.5, 0.6) is 5.75 Å². The fourth-order valence-electron chi connectivity index (χ4n) is 1.55. The second-order valence-corrected chi connectivity index (χ2v) is 3.09. The molecule has 2 rings (SSSR count). The first-order chi connectivity index (χ1) is 6.22. The van der Waals surface area contributed by atoms with Crippen molar-refractivity contribution in [3.63, 3.8) is 0 Å². The minimum absolute atomic E-state index is 0.878. The van der Waals surface area contributed by atoms with Gasteiger partial charge in [0.2, 0.25) is 0 Å². The lowest BCUT2D eigenvalue weighted by molar-refractivity contribution is 0.415. The highest BCUT2D eigenvalue weighted by Gasteiger charge is 2.04. The molecular weight excluding hydrogens is 164 g/mol. The van der Waals surface area contributed by atoms with E-state index in [-0.39, 0.29) is 0 Å². The average Bonchev–Trinajstić information content (AvgIpc) is 2.42. The Hall–Kier alpha value is -1.51. The van der Waals surface area contributed by atoms with Gasteiger partial charge in [0.15, 0.2) is 0 Å². The van der Waals surface area contributed by atoms with Gasteiger partial charge in [0, 0.05) is 12.4 Å². The van der Waals surface area contributed by atoms with E-state index < -0.39 is 0 Å². The first-order valence-electron chi connectivity index (χ1n) is 4.19. The Morgan fingerprint density at radius 3 is 2.85 bits per heavy atom. The zero-order valence-electron chi connectivity index (χ0n) is 8.03. The van der Waals surface area contributed by atoms with E-state index in [1.54, 1.807) is 7.11 Å². The molecule has 0 aliphatic heterocycles. The van der Waals surface area contributed by atoms with Crippen LogP contribution in [0.3, 0.4) is 0 Å². The molecule has 68 valence electrons. The Bertz CT molecular complexity index is 445. The molecule has 0 spiro atoms. The van der Waals surface area contributed by atoms with Crippen LogP contribution >= 0.6 is 0 Å². The van der Waals surface area contributed by atoms with Gasteiger partial charge in [0.05, 0.1) is 18.3 Å². The van der Waals surface area contributed by atoms with E-state index in [1.807, 2.05) is 36.9 Å². The van der Waals surface area contributed by atoms with Crippen LogP contribution in [0.1, 0.15) is 5.69 Å². The van der Waals surface area contributed by atoms with Crippen LogP contribution in [0.4, 0.5) is 0 Å². The highest BCUT2D eigenvalue weighted by atomic mass is 16.5. The van der Waals surface area contributed by atoms with Crippen LogP contribution in [-0.2, 0) is 7.05 Å². The largest absolute Gasteiger partial charge is 0.497 e. The Morgan fingerprint density at radius 1 is 1.38 bits per heavy atom. The van der Waals surface area contributed by atoms with E-state index in [4.69, 9.17) is 4.74 Å². The maximum Gasteiger partial charge on any atom is 0.119 e. The molecule has 0 atom stereocenters. The van der Waals surface area contributed by atoms with Gasteiger partial charge in [0.25, 0.3) is 0 Å². The van der Waals surface area contributed by atoms with Crippen molar-refractivity contribution in [3.05, 3.63) is 23.9 Å². The predicted molar refractivity (Wildman–Crippen MR) is 52.0 cm³/mol. The molecule has 1 heterocycles. The Kier molecular flexibility index (Phi) is 1.72. The van der Waals surface area contributed by atoms with Gasteiger partial charge < -0.3 is 4.74 Å². The van der Waals surface area contributed by atoms with Crippen molar-refractivity contribution in [1.29, 1.82) is 0 Å². The third-order valence-corrected chi connectivity index (χ3v) is 2.24. The first-order valence-corrected chi connectivity index (χ1v) is 4.19. The summed E-state index contributed by atoms with van der Waals surface area (Å²) < 4.78 is 7.03. The zero-order chi connectivity index (χ0) is 9.42. The third kappa shape index (κ3) is 1.16. The first kappa shape index (κ1) is 8.10. The standard InChI is InChI=1S/C10H12N2O/c1-7-9-6-8(13-3)4-5-10(9)12(2)11-7/h4-6H,1-3H3. The fraction of sp³-hybridized carbons (Fsp3) is 0.300. The van der Waals surface area contributed by atoms with Gasteiger partial charge in [-0.1, -0.05) is 0 Å². The van der Waals surface area contributed by atoms with Gasteiger partial charge in [0.1, 0.15) is 5.75 Å². The second kappa shape index (κ2) is 2.76. The molecule has 0 saturated carbocycles. The van der Waals surface area contributed by atoms with Crippen molar-refractivity contribution >= 4 is 10.9 Å². The van der Waals surface area contributed by atoms with Gasteiger partial charge in [-0.2, -0.15) is 5.10 Å². The summed E-state index contributed by atoms with van der Waals surface area (Å²) in [6, 6.07) is 5.98. The number of aromatic nitrogens is 2. The van der Waals surface area contributed by atoms with Crippen molar-refractivity contribution in [2.75, 3.05) is 7.11 Å². The second-order valence-electron chi connectivity index (χ2n) is 3.09. The zero-order valence-corrected chi connectivity index (χ0v) is 8.03. The smallest absolute Gasteiger partial charge is 0.119 e. The van der Waals surface area contributed by atoms with Crippen LogP contribution in [0, 0.1) is 6.92 Å². The molecule has 0 radical (unpaired) electrons. The number of benzene rings is 1. The van der Waals surface area contributed by atoms with Gasteiger partial charge in [-0.3, -0.25) is 4.68 Å². The summed E-state index contributed by atoms with van der Waals surface area (Å²) in [5.74, 6) is 0.878. The van der Waals surface area contributed by atoms with E-state index in [2.05, 4.69) is 5.10 Å². The quantitative estimate of drug-likeness (QED) is 0.663. The molecule has 0 fully saturated rings. The Balaban J connectivity index is 2.76. The van der Waals surface area contributed by atoms with Crippen LogP contribution in [0.25, 0.3) is 10.9 Å². The predicted octanol–water partition coefficient (Wildman–Crippen LogP) is 1.89. The molecule has 0 amide bonds. The molecule has 0 saturated heterocycles. The molecule has 0 aliphatic carbocycles. The molecule has 3 heteroatoms. The number of fused-ring (bicyclic) bond motifs is 1. The molecule has 13 heavy (non-hydrogen) atoms. The summed E-state index contributed by atoms with van der Waals surface area (Å²) in [6.07, 6.45) is 0. The lowest BCUT2D eigenvalue weighted by atomic mass is 10.2. The van der Waals surface area contributed by atoms with Crippen molar-refractivity contribution in [2.24, 2.45) is 7.05 Å². The maximum absolute atomic E-state index is 5.15. The average molecular weight is 176 g/mol. The molecule has 2 aromatic rings. The molecule has 0 bridgehead atoms. The van der Waals surface area contributed by atoms with E-state index in [1.165, 1.54) is 0 Å². The third-order valence-electron chi connectivity index (χ3n) is 2.24. The van der Waals surface area contributed by atoms with Crippen LogP contribution in [0.15, 0.2) is 18.2 Å². The van der Waals surface area contributed by atoms with Crippen molar-refractivity contribution < 1.29 is 4.74 Å². The monoisotopic (exact) mass is 176 g/mol. The molecule has 3 nitrogen and oxygen atoms in total. The molecule has 0 aliphatic rings. The van der Waals surface area contributed by atoms with Gasteiger partial charge in [-0.15, -0.1) is 0 Å². The minimum Gasteiger partial charge on any atom is -0.497 e. The molecule has 1 aromatic heterocycles. The molecular formula is C10H12N2O. The normalized spacial score (nSPS) is 10.7. The molecule has 0 unspecified atom stereocenters. The minimum atomic E-state index is 0.878. The Labute approximate surface area is 76.9 Å². The lowest BCUT2D eigenvalue weighted by Gasteiger charge is -1.99. The number of methoxy groups -OCH3 is 1. The highest BCUT2D eigenvalue weighted by Crippen LogP contribution is 2.22. The summed E-state index contributed by atoms with van der Waals surface area (Å²) in [4.78, 5) is 0. The van der Waals surface area contributed by atoms with Crippen molar-refractivity contribution in [1.82, 2.24) is 9.78 Å². The van der Waals surface area contributed by atoms with E-state index in [0.29, 0.717) is 0 Å². The number of nitrogens with zero attached hydrogens (tertiary/aromatic N) is 2. The summed E-state index contributed by atoms with van der Waals surface area (Å²) in [7, 11) is 3.62. The lowest BCUT2D eigenvalue weighted by Crippen LogP contribution is -1.89. The molecule has 1 aromatic carbocycles. The van der Waals surface area contributed by atoms with Crippen molar-refractivity contribution in [2.45, 2.75) is 6.92 Å².